The van der Waals surface area contributed by atoms with Crippen molar-refractivity contribution in [1.82, 2.24) is 9.21 Å². The highest BCUT2D eigenvalue weighted by atomic mass is 32.2. The summed E-state index contributed by atoms with van der Waals surface area (Å²) in [6.45, 7) is 1.49. The highest BCUT2D eigenvalue weighted by molar-refractivity contribution is 7.88. The third-order valence-electron chi connectivity index (χ3n) is 3.29. The molecule has 0 aromatic heterocycles. The number of hydrogen-bond acceptors (Lipinski definition) is 5. The van der Waals surface area contributed by atoms with E-state index in [2.05, 4.69) is 5.43 Å². The Kier molecular flexibility index (Phi) is 4.26. The van der Waals surface area contributed by atoms with Gasteiger partial charge in [-0.1, -0.05) is 0 Å². The molecule has 0 spiro atoms. The van der Waals surface area contributed by atoms with E-state index >= 15 is 0 Å². The first-order chi connectivity index (χ1) is 9.41. The van der Waals surface area contributed by atoms with E-state index in [0.29, 0.717) is 31.7 Å². The van der Waals surface area contributed by atoms with Crippen molar-refractivity contribution in [1.29, 1.82) is 0 Å². The van der Waals surface area contributed by atoms with Crippen molar-refractivity contribution in [2.45, 2.75) is 0 Å². The number of anilines is 1. The third-order valence-corrected chi connectivity index (χ3v) is 4.60. The van der Waals surface area contributed by atoms with Gasteiger partial charge in [-0.25, -0.2) is 8.42 Å². The minimum atomic E-state index is -3.18. The van der Waals surface area contributed by atoms with Gasteiger partial charge >= 0.3 is 0 Å². The van der Waals surface area contributed by atoms with Gasteiger partial charge in [-0.2, -0.15) is 4.31 Å². The first-order valence-corrected chi connectivity index (χ1v) is 8.08. The number of nitrogens with two attached hydrogens (primary N) is 1. The Morgan fingerprint density at radius 1 is 1.15 bits per heavy atom. The Hall–Kier alpha value is -1.64. The van der Waals surface area contributed by atoms with Crippen molar-refractivity contribution in [3.63, 3.8) is 0 Å². The number of piperazine rings is 1. The summed E-state index contributed by atoms with van der Waals surface area (Å²) in [7, 11) is -3.18. The largest absolute Gasteiger partial charge is 0.336 e. The molecule has 0 unspecified atom stereocenters. The van der Waals surface area contributed by atoms with Crippen LogP contribution in [-0.4, -0.2) is 56.0 Å². The van der Waals surface area contributed by atoms with Crippen molar-refractivity contribution < 1.29 is 13.2 Å². The molecular formula is C12H18N4O3S. The normalized spacial score (nSPS) is 17.0. The Morgan fingerprint density at radius 2 is 1.70 bits per heavy atom. The van der Waals surface area contributed by atoms with Gasteiger partial charge in [0.15, 0.2) is 0 Å². The van der Waals surface area contributed by atoms with Crippen LogP contribution in [0.2, 0.25) is 0 Å². The Balaban J connectivity index is 2.01. The van der Waals surface area contributed by atoms with E-state index in [1.807, 2.05) is 0 Å². The van der Waals surface area contributed by atoms with E-state index in [-0.39, 0.29) is 5.91 Å². The van der Waals surface area contributed by atoms with Gasteiger partial charge in [0.1, 0.15) is 0 Å². The smallest absolute Gasteiger partial charge is 0.253 e. The lowest BCUT2D eigenvalue weighted by atomic mass is 10.1. The van der Waals surface area contributed by atoms with Crippen molar-refractivity contribution in [3.05, 3.63) is 29.8 Å². The van der Waals surface area contributed by atoms with Crippen LogP contribution in [0.25, 0.3) is 0 Å². The number of carbonyl (C=O) groups is 1. The SMILES string of the molecule is CS(=O)(=O)N1CCN(C(=O)c2ccc(NN)cc2)CC1. The fourth-order valence-corrected chi connectivity index (χ4v) is 2.94. The molecule has 0 saturated carbocycles. The molecule has 8 heteroatoms. The standard InChI is InChI=1S/C12H18N4O3S/c1-20(18,19)16-8-6-15(7-9-16)12(17)10-2-4-11(14-13)5-3-10/h2-5,14H,6-9,13H2,1H3. The van der Waals surface area contributed by atoms with Crippen LogP contribution < -0.4 is 11.3 Å². The molecule has 3 N–H and O–H groups in total. The molecule has 1 aromatic carbocycles. The summed E-state index contributed by atoms with van der Waals surface area (Å²) in [6.07, 6.45) is 1.18. The molecule has 1 aliphatic rings. The van der Waals surface area contributed by atoms with Gasteiger partial charge < -0.3 is 10.3 Å². The molecule has 0 atom stereocenters. The molecule has 1 heterocycles. The second-order valence-electron chi connectivity index (χ2n) is 4.68. The van der Waals surface area contributed by atoms with E-state index < -0.39 is 10.0 Å². The zero-order valence-corrected chi connectivity index (χ0v) is 12.1. The Bertz CT molecular complexity index is 577. The number of benzene rings is 1. The van der Waals surface area contributed by atoms with Crippen LogP contribution in [0.1, 0.15) is 10.4 Å². The molecule has 0 aliphatic carbocycles. The van der Waals surface area contributed by atoms with Crippen molar-refractivity contribution in [2.24, 2.45) is 5.84 Å². The molecule has 1 amide bonds. The van der Waals surface area contributed by atoms with Crippen LogP contribution in [0.3, 0.4) is 0 Å². The lowest BCUT2D eigenvalue weighted by Gasteiger charge is -2.33. The number of hydrogen-bond donors (Lipinski definition) is 2. The lowest BCUT2D eigenvalue weighted by molar-refractivity contribution is 0.0698. The molecule has 0 bridgehead atoms. The zero-order chi connectivity index (χ0) is 14.8. The lowest BCUT2D eigenvalue weighted by Crippen LogP contribution is -2.50. The molecule has 1 fully saturated rings. The molecular weight excluding hydrogens is 280 g/mol. The minimum Gasteiger partial charge on any atom is -0.336 e. The van der Waals surface area contributed by atoms with E-state index in [4.69, 9.17) is 5.84 Å². The third kappa shape index (κ3) is 3.27. The number of amides is 1. The quantitative estimate of drug-likeness (QED) is 0.589. The number of hydrazine groups is 1. The van der Waals surface area contributed by atoms with E-state index in [9.17, 15) is 13.2 Å². The fourth-order valence-electron chi connectivity index (χ4n) is 2.11. The van der Waals surface area contributed by atoms with E-state index in [1.165, 1.54) is 10.6 Å². The number of nitrogens with zero attached hydrogens (tertiary/aromatic N) is 2. The number of nitrogen functional groups attached to an aromatic ring is 1. The highest BCUT2D eigenvalue weighted by Gasteiger charge is 2.26. The summed E-state index contributed by atoms with van der Waals surface area (Å²) >= 11 is 0. The Morgan fingerprint density at radius 3 is 2.15 bits per heavy atom. The predicted octanol–water partition coefficient (Wildman–Crippen LogP) is -0.310. The van der Waals surface area contributed by atoms with Crippen LogP contribution in [-0.2, 0) is 10.0 Å². The summed E-state index contributed by atoms with van der Waals surface area (Å²) in [5.41, 5.74) is 3.79. The van der Waals surface area contributed by atoms with Crippen molar-refractivity contribution in [3.8, 4) is 0 Å². The number of nitrogens with one attached hydrogen (secondary N) is 1. The summed E-state index contributed by atoms with van der Waals surface area (Å²) in [4.78, 5) is 13.9. The second-order valence-corrected chi connectivity index (χ2v) is 6.66. The number of carbonyl (C=O) groups excluding carboxylic acids is 1. The molecule has 2 rings (SSSR count). The minimum absolute atomic E-state index is 0.0956. The number of rotatable bonds is 3. The van der Waals surface area contributed by atoms with Gasteiger partial charge in [-0.15, -0.1) is 0 Å². The van der Waals surface area contributed by atoms with Crippen LogP contribution >= 0.6 is 0 Å². The first-order valence-electron chi connectivity index (χ1n) is 6.23. The topological polar surface area (TPSA) is 95.7 Å². The average molecular weight is 298 g/mol. The van der Waals surface area contributed by atoms with Crippen LogP contribution in [0.4, 0.5) is 5.69 Å². The van der Waals surface area contributed by atoms with Gasteiger partial charge in [0, 0.05) is 37.4 Å². The van der Waals surface area contributed by atoms with Gasteiger partial charge in [0.25, 0.3) is 5.91 Å². The van der Waals surface area contributed by atoms with E-state index in [1.54, 1.807) is 29.2 Å². The molecule has 20 heavy (non-hydrogen) atoms. The summed E-state index contributed by atoms with van der Waals surface area (Å²) in [5, 5.41) is 0. The number of sulfonamides is 1. The molecule has 1 aromatic rings. The first kappa shape index (κ1) is 14.8. The average Bonchev–Trinajstić information content (AvgIpc) is 2.46. The van der Waals surface area contributed by atoms with Gasteiger partial charge in [0.2, 0.25) is 10.0 Å². The maximum atomic E-state index is 12.3. The maximum absolute atomic E-state index is 12.3. The Labute approximate surface area is 118 Å². The van der Waals surface area contributed by atoms with Crippen molar-refractivity contribution in [2.75, 3.05) is 37.9 Å². The van der Waals surface area contributed by atoms with Gasteiger partial charge in [-0.05, 0) is 24.3 Å². The van der Waals surface area contributed by atoms with E-state index in [0.717, 1.165) is 5.69 Å². The molecule has 1 aliphatic heterocycles. The predicted molar refractivity (Wildman–Crippen MR) is 76.6 cm³/mol. The molecule has 0 radical (unpaired) electrons. The summed E-state index contributed by atoms with van der Waals surface area (Å²) in [6, 6.07) is 6.83. The van der Waals surface area contributed by atoms with Crippen LogP contribution in [0.15, 0.2) is 24.3 Å². The molecule has 110 valence electrons. The second kappa shape index (κ2) is 5.78. The monoisotopic (exact) mass is 298 g/mol. The summed E-state index contributed by atoms with van der Waals surface area (Å²) < 4.78 is 24.2. The summed E-state index contributed by atoms with van der Waals surface area (Å²) in [5.74, 6) is 5.17. The van der Waals surface area contributed by atoms with Crippen LogP contribution in [0, 0.1) is 0 Å². The van der Waals surface area contributed by atoms with Crippen LogP contribution in [0.5, 0.6) is 0 Å². The molecule has 1 saturated heterocycles. The fraction of sp³-hybridized carbons (Fsp3) is 0.417. The molecule has 7 nitrogen and oxygen atoms in total. The highest BCUT2D eigenvalue weighted by Crippen LogP contribution is 2.13. The maximum Gasteiger partial charge on any atom is 0.253 e. The zero-order valence-electron chi connectivity index (χ0n) is 11.2. The van der Waals surface area contributed by atoms with Gasteiger partial charge in [0.05, 0.1) is 6.26 Å². The van der Waals surface area contributed by atoms with Gasteiger partial charge in [-0.3, -0.25) is 10.6 Å². The van der Waals surface area contributed by atoms with Crippen molar-refractivity contribution >= 4 is 21.6 Å².